The maximum atomic E-state index is 11.1. The number of nitrogen functional groups attached to an aromatic ring is 1. The highest BCUT2D eigenvalue weighted by molar-refractivity contribution is 5.38. The maximum Gasteiger partial charge on any atom is 0.254 e. The van der Waals surface area contributed by atoms with E-state index >= 15 is 0 Å². The first-order valence-electron chi connectivity index (χ1n) is 4.45. The van der Waals surface area contributed by atoms with Gasteiger partial charge in [0.05, 0.1) is 0 Å². The van der Waals surface area contributed by atoms with Crippen molar-refractivity contribution in [2.24, 2.45) is 0 Å². The van der Waals surface area contributed by atoms with Gasteiger partial charge in [-0.15, -0.1) is 5.10 Å². The minimum Gasteiger partial charge on any atom is -0.383 e. The zero-order chi connectivity index (χ0) is 10.1. The molecule has 0 aliphatic rings. The van der Waals surface area contributed by atoms with Crippen LogP contribution in [0.4, 0.5) is 5.82 Å². The molecule has 6 heteroatoms. The van der Waals surface area contributed by atoms with Crippen LogP contribution < -0.4 is 11.3 Å². The van der Waals surface area contributed by atoms with Crippen molar-refractivity contribution in [1.29, 1.82) is 0 Å². The fourth-order valence-corrected chi connectivity index (χ4v) is 1.29. The Morgan fingerprint density at radius 3 is 3.14 bits per heavy atom. The van der Waals surface area contributed by atoms with Crippen molar-refractivity contribution in [2.75, 3.05) is 5.73 Å². The van der Waals surface area contributed by atoms with Gasteiger partial charge in [-0.2, -0.15) is 9.50 Å². The van der Waals surface area contributed by atoms with Crippen LogP contribution in [0.5, 0.6) is 0 Å². The Morgan fingerprint density at radius 1 is 1.64 bits per heavy atom. The molecule has 0 aliphatic carbocycles. The summed E-state index contributed by atoms with van der Waals surface area (Å²) in [6.07, 6.45) is 1.74. The van der Waals surface area contributed by atoms with Crippen LogP contribution in [-0.2, 0) is 6.42 Å². The van der Waals surface area contributed by atoms with E-state index in [1.165, 1.54) is 10.6 Å². The van der Waals surface area contributed by atoms with E-state index in [2.05, 4.69) is 15.1 Å². The summed E-state index contributed by atoms with van der Waals surface area (Å²) in [5.74, 6) is 1.40. The molecule has 0 spiro atoms. The number of nitrogens with one attached hydrogen (secondary N) is 1. The van der Waals surface area contributed by atoms with Gasteiger partial charge >= 0.3 is 0 Å². The molecule has 2 aromatic rings. The minimum absolute atomic E-state index is 0.259. The van der Waals surface area contributed by atoms with Gasteiger partial charge in [0.15, 0.2) is 5.82 Å². The standard InChI is InChI=1S/C8H11N5O/c1-2-3-6-10-8-11-7(14)4-5(9)13(8)12-6/h4H,2-3,9H2,1H3,(H,10,11,12,14). The minimum atomic E-state index is -0.259. The van der Waals surface area contributed by atoms with E-state index in [1.54, 1.807) is 0 Å². The molecule has 0 aromatic carbocycles. The monoisotopic (exact) mass is 193 g/mol. The molecule has 74 valence electrons. The van der Waals surface area contributed by atoms with Gasteiger partial charge in [-0.25, -0.2) is 0 Å². The fraction of sp³-hybridized carbons (Fsp3) is 0.375. The van der Waals surface area contributed by atoms with Crippen molar-refractivity contribution >= 4 is 11.6 Å². The van der Waals surface area contributed by atoms with Gasteiger partial charge in [-0.1, -0.05) is 6.92 Å². The number of H-pyrrole nitrogens is 1. The molecule has 0 amide bonds. The Labute approximate surface area is 79.8 Å². The van der Waals surface area contributed by atoms with Gasteiger partial charge in [-0.3, -0.25) is 9.78 Å². The SMILES string of the molecule is CCCc1nc2[nH]c(=O)cc(N)n2n1. The number of hydrogen-bond acceptors (Lipinski definition) is 4. The number of aryl methyl sites for hydroxylation is 1. The van der Waals surface area contributed by atoms with E-state index < -0.39 is 0 Å². The first-order chi connectivity index (χ1) is 6.70. The molecule has 2 heterocycles. The molecule has 0 radical (unpaired) electrons. The number of aromatic amines is 1. The highest BCUT2D eigenvalue weighted by atomic mass is 16.1. The van der Waals surface area contributed by atoms with Crippen molar-refractivity contribution in [3.63, 3.8) is 0 Å². The lowest BCUT2D eigenvalue weighted by Crippen LogP contribution is -2.11. The summed E-state index contributed by atoms with van der Waals surface area (Å²) in [5, 5.41) is 4.15. The van der Waals surface area contributed by atoms with Crippen molar-refractivity contribution in [3.05, 3.63) is 22.2 Å². The van der Waals surface area contributed by atoms with E-state index in [1.807, 2.05) is 6.92 Å². The van der Waals surface area contributed by atoms with Crippen LogP contribution >= 0.6 is 0 Å². The Kier molecular flexibility index (Phi) is 1.95. The highest BCUT2D eigenvalue weighted by Crippen LogP contribution is 2.03. The predicted octanol–water partition coefficient (Wildman–Crippen LogP) is -0.0477. The van der Waals surface area contributed by atoms with Crippen molar-refractivity contribution in [3.8, 4) is 0 Å². The lowest BCUT2D eigenvalue weighted by atomic mass is 10.3. The summed E-state index contributed by atoms with van der Waals surface area (Å²) in [6, 6.07) is 1.29. The average Bonchev–Trinajstić information content (AvgIpc) is 2.48. The van der Waals surface area contributed by atoms with Gasteiger partial charge in [0, 0.05) is 12.5 Å². The van der Waals surface area contributed by atoms with Crippen LogP contribution in [0.15, 0.2) is 10.9 Å². The molecular formula is C8H11N5O. The molecule has 14 heavy (non-hydrogen) atoms. The van der Waals surface area contributed by atoms with E-state index in [0.29, 0.717) is 17.4 Å². The van der Waals surface area contributed by atoms with Crippen molar-refractivity contribution in [1.82, 2.24) is 19.6 Å². The molecule has 6 nitrogen and oxygen atoms in total. The van der Waals surface area contributed by atoms with Crippen LogP contribution in [-0.4, -0.2) is 19.6 Å². The number of hydrogen-bond donors (Lipinski definition) is 2. The molecule has 2 rings (SSSR count). The molecular weight excluding hydrogens is 182 g/mol. The summed E-state index contributed by atoms with van der Waals surface area (Å²) in [4.78, 5) is 17.8. The predicted molar refractivity (Wildman–Crippen MR) is 52.0 cm³/mol. The zero-order valence-corrected chi connectivity index (χ0v) is 7.82. The topological polar surface area (TPSA) is 89.1 Å². The second-order valence-electron chi connectivity index (χ2n) is 3.07. The fourth-order valence-electron chi connectivity index (χ4n) is 1.29. The maximum absolute atomic E-state index is 11.1. The first kappa shape index (κ1) is 8.74. The Bertz CT molecular complexity index is 512. The summed E-state index contributed by atoms with van der Waals surface area (Å²) >= 11 is 0. The van der Waals surface area contributed by atoms with E-state index in [4.69, 9.17) is 5.73 Å². The Morgan fingerprint density at radius 2 is 2.43 bits per heavy atom. The highest BCUT2D eigenvalue weighted by Gasteiger charge is 2.05. The zero-order valence-electron chi connectivity index (χ0n) is 7.82. The van der Waals surface area contributed by atoms with Crippen molar-refractivity contribution in [2.45, 2.75) is 19.8 Å². The van der Waals surface area contributed by atoms with Gasteiger partial charge in [0.2, 0.25) is 5.78 Å². The number of anilines is 1. The van der Waals surface area contributed by atoms with Crippen molar-refractivity contribution < 1.29 is 0 Å². The Balaban J connectivity index is 2.64. The third-order valence-corrected chi connectivity index (χ3v) is 1.88. The number of rotatable bonds is 2. The van der Waals surface area contributed by atoms with E-state index in [-0.39, 0.29) is 5.56 Å². The van der Waals surface area contributed by atoms with Crippen LogP contribution in [0.1, 0.15) is 19.2 Å². The van der Waals surface area contributed by atoms with Crippen LogP contribution in [0.25, 0.3) is 5.78 Å². The summed E-state index contributed by atoms with van der Waals surface area (Å²) in [6.45, 7) is 2.04. The second kappa shape index (κ2) is 3.13. The molecule has 2 aromatic heterocycles. The number of nitrogens with two attached hydrogens (primary N) is 1. The average molecular weight is 193 g/mol. The third kappa shape index (κ3) is 1.34. The van der Waals surface area contributed by atoms with E-state index in [0.717, 1.165) is 12.8 Å². The summed E-state index contributed by atoms with van der Waals surface area (Å²) in [7, 11) is 0. The third-order valence-electron chi connectivity index (χ3n) is 1.88. The lowest BCUT2D eigenvalue weighted by Gasteiger charge is -1.93. The second-order valence-corrected chi connectivity index (χ2v) is 3.07. The van der Waals surface area contributed by atoms with Crippen LogP contribution in [0.3, 0.4) is 0 Å². The first-order valence-corrected chi connectivity index (χ1v) is 4.45. The summed E-state index contributed by atoms with van der Waals surface area (Å²) < 4.78 is 1.44. The Hall–Kier alpha value is -1.85. The number of aromatic nitrogens is 4. The van der Waals surface area contributed by atoms with Crippen LogP contribution in [0.2, 0.25) is 0 Å². The summed E-state index contributed by atoms with van der Waals surface area (Å²) in [5.41, 5.74) is 5.35. The molecule has 0 saturated carbocycles. The molecule has 3 N–H and O–H groups in total. The molecule has 0 atom stereocenters. The molecule has 0 bridgehead atoms. The lowest BCUT2D eigenvalue weighted by molar-refractivity contribution is 0.820. The normalized spacial score (nSPS) is 10.9. The van der Waals surface area contributed by atoms with Gasteiger partial charge in [0.25, 0.3) is 5.56 Å². The van der Waals surface area contributed by atoms with Gasteiger partial charge < -0.3 is 5.73 Å². The molecule has 0 unspecified atom stereocenters. The molecule has 0 aliphatic heterocycles. The van der Waals surface area contributed by atoms with Gasteiger partial charge in [-0.05, 0) is 6.42 Å². The largest absolute Gasteiger partial charge is 0.383 e. The molecule has 0 fully saturated rings. The number of fused-ring (bicyclic) bond motifs is 1. The smallest absolute Gasteiger partial charge is 0.254 e. The van der Waals surface area contributed by atoms with Gasteiger partial charge in [0.1, 0.15) is 5.82 Å². The quantitative estimate of drug-likeness (QED) is 0.699. The van der Waals surface area contributed by atoms with Crippen LogP contribution in [0, 0.1) is 0 Å². The number of nitrogens with zero attached hydrogens (tertiary/aromatic N) is 3. The van der Waals surface area contributed by atoms with E-state index in [9.17, 15) is 4.79 Å². The molecule has 0 saturated heterocycles.